The first-order valence-corrected chi connectivity index (χ1v) is 8.28. The SMILES string of the molecule is CCC(C)C1(C)OC(=O)C(=C/C=C/C=C/Nc2ccccc2)C(=O)O1. The highest BCUT2D eigenvalue weighted by Crippen LogP contribution is 2.31. The van der Waals surface area contributed by atoms with Gasteiger partial charge in [-0.05, 0) is 30.7 Å². The predicted octanol–water partition coefficient (Wildman–Crippen LogP) is 3.96. The van der Waals surface area contributed by atoms with Gasteiger partial charge in [0.05, 0.1) is 0 Å². The Morgan fingerprint density at radius 3 is 2.32 bits per heavy atom. The van der Waals surface area contributed by atoms with Gasteiger partial charge >= 0.3 is 11.9 Å². The number of ether oxygens (including phenoxy) is 2. The second-order valence-electron chi connectivity index (χ2n) is 5.94. The van der Waals surface area contributed by atoms with Crippen LogP contribution in [0.3, 0.4) is 0 Å². The van der Waals surface area contributed by atoms with Crippen LogP contribution >= 0.6 is 0 Å². The van der Waals surface area contributed by atoms with Crippen LogP contribution < -0.4 is 5.32 Å². The first-order chi connectivity index (χ1) is 12.0. The van der Waals surface area contributed by atoms with Crippen molar-refractivity contribution in [1.29, 1.82) is 0 Å². The van der Waals surface area contributed by atoms with Crippen molar-refractivity contribution in [2.45, 2.75) is 33.0 Å². The van der Waals surface area contributed by atoms with Crippen LogP contribution in [0.1, 0.15) is 27.2 Å². The van der Waals surface area contributed by atoms with E-state index in [0.717, 1.165) is 12.1 Å². The van der Waals surface area contributed by atoms with Gasteiger partial charge in [-0.2, -0.15) is 0 Å². The molecule has 1 aliphatic heterocycles. The minimum absolute atomic E-state index is 0.0792. The van der Waals surface area contributed by atoms with Crippen molar-refractivity contribution < 1.29 is 19.1 Å². The molecular weight excluding hydrogens is 318 g/mol. The second-order valence-corrected chi connectivity index (χ2v) is 5.94. The van der Waals surface area contributed by atoms with Crippen LogP contribution in [0.4, 0.5) is 5.69 Å². The zero-order valence-electron chi connectivity index (χ0n) is 14.7. The fourth-order valence-corrected chi connectivity index (χ4v) is 2.24. The second kappa shape index (κ2) is 8.33. The van der Waals surface area contributed by atoms with Crippen LogP contribution in [0, 0.1) is 5.92 Å². The lowest BCUT2D eigenvalue weighted by molar-refractivity contribution is -0.245. The Balaban J connectivity index is 1.95. The summed E-state index contributed by atoms with van der Waals surface area (Å²) in [5.74, 6) is -2.60. The molecule has 1 N–H and O–H groups in total. The summed E-state index contributed by atoms with van der Waals surface area (Å²) in [4.78, 5) is 24.2. The van der Waals surface area contributed by atoms with E-state index in [0.29, 0.717) is 0 Å². The summed E-state index contributed by atoms with van der Waals surface area (Å²) in [7, 11) is 0. The van der Waals surface area contributed by atoms with Gasteiger partial charge in [0.2, 0.25) is 0 Å². The molecule has 1 atom stereocenters. The number of carbonyl (C=O) groups is 2. The van der Waals surface area contributed by atoms with Crippen LogP contribution in [0.15, 0.2) is 66.4 Å². The van der Waals surface area contributed by atoms with E-state index in [1.54, 1.807) is 31.4 Å². The van der Waals surface area contributed by atoms with Gasteiger partial charge in [-0.15, -0.1) is 0 Å². The zero-order valence-corrected chi connectivity index (χ0v) is 14.7. The molecule has 1 aromatic rings. The van der Waals surface area contributed by atoms with Crippen molar-refractivity contribution >= 4 is 17.6 Å². The summed E-state index contributed by atoms with van der Waals surface area (Å²) >= 11 is 0. The summed E-state index contributed by atoms with van der Waals surface area (Å²) in [6.45, 7) is 5.43. The number of para-hydroxylation sites is 1. The maximum Gasteiger partial charge on any atom is 0.348 e. The molecular formula is C20H23NO4. The number of rotatable bonds is 6. The first-order valence-electron chi connectivity index (χ1n) is 8.28. The van der Waals surface area contributed by atoms with Crippen molar-refractivity contribution in [3.8, 4) is 0 Å². The number of hydrogen-bond donors (Lipinski definition) is 1. The molecule has 0 spiro atoms. The number of benzene rings is 1. The molecule has 132 valence electrons. The van der Waals surface area contributed by atoms with E-state index in [1.165, 1.54) is 6.08 Å². The highest BCUT2D eigenvalue weighted by Gasteiger charge is 2.45. The number of esters is 2. The summed E-state index contributed by atoms with van der Waals surface area (Å²) < 4.78 is 10.7. The number of cyclic esters (lactones) is 2. The number of nitrogens with one attached hydrogen (secondary N) is 1. The molecule has 5 heteroatoms. The molecule has 2 rings (SSSR count). The van der Waals surface area contributed by atoms with Crippen LogP contribution in [0.2, 0.25) is 0 Å². The van der Waals surface area contributed by atoms with Crippen LogP contribution in [-0.2, 0) is 19.1 Å². The molecule has 0 aromatic heterocycles. The molecule has 0 radical (unpaired) electrons. The van der Waals surface area contributed by atoms with E-state index in [9.17, 15) is 9.59 Å². The minimum Gasteiger partial charge on any atom is -0.419 e. The predicted molar refractivity (Wildman–Crippen MR) is 96.5 cm³/mol. The van der Waals surface area contributed by atoms with Crippen molar-refractivity contribution in [3.63, 3.8) is 0 Å². The molecule has 0 saturated carbocycles. The molecule has 0 amide bonds. The monoisotopic (exact) mass is 341 g/mol. The zero-order chi connectivity index (χ0) is 18.3. The van der Waals surface area contributed by atoms with Gasteiger partial charge in [-0.3, -0.25) is 0 Å². The Morgan fingerprint density at radius 1 is 1.08 bits per heavy atom. The highest BCUT2D eigenvalue weighted by atomic mass is 16.7. The smallest absolute Gasteiger partial charge is 0.348 e. The Bertz CT molecular complexity index is 684. The maximum atomic E-state index is 12.1. The summed E-state index contributed by atoms with van der Waals surface area (Å²) in [5, 5.41) is 3.09. The molecule has 25 heavy (non-hydrogen) atoms. The standard InChI is InChI=1S/C20H23NO4/c1-4-15(2)20(3)24-18(22)17(19(23)25-20)13-9-6-10-14-21-16-11-7-5-8-12-16/h5-15,21H,4H2,1-3H3/b9-6+,14-10+,17-13?. The molecule has 5 nitrogen and oxygen atoms in total. The molecule has 1 aliphatic rings. The van der Waals surface area contributed by atoms with E-state index in [4.69, 9.17) is 9.47 Å². The number of anilines is 1. The van der Waals surface area contributed by atoms with E-state index in [2.05, 4.69) is 5.32 Å². The van der Waals surface area contributed by atoms with E-state index in [-0.39, 0.29) is 11.5 Å². The van der Waals surface area contributed by atoms with Crippen molar-refractivity contribution in [2.24, 2.45) is 5.92 Å². The molecule has 1 aromatic carbocycles. The quantitative estimate of drug-likeness (QED) is 0.367. The van der Waals surface area contributed by atoms with Gasteiger partial charge in [0.15, 0.2) is 0 Å². The Hall–Kier alpha value is -2.82. The third-order valence-corrected chi connectivity index (χ3v) is 4.14. The van der Waals surface area contributed by atoms with Gasteiger partial charge in [0, 0.05) is 24.7 Å². The summed E-state index contributed by atoms with van der Waals surface area (Å²) in [6, 6.07) is 9.69. The van der Waals surface area contributed by atoms with E-state index in [1.807, 2.05) is 44.2 Å². The minimum atomic E-state index is -1.20. The highest BCUT2D eigenvalue weighted by molar-refractivity contribution is 6.15. The Morgan fingerprint density at radius 2 is 1.72 bits per heavy atom. The lowest BCUT2D eigenvalue weighted by Gasteiger charge is -2.37. The van der Waals surface area contributed by atoms with Crippen LogP contribution in [0.5, 0.6) is 0 Å². The lowest BCUT2D eigenvalue weighted by Crippen LogP contribution is -2.48. The van der Waals surface area contributed by atoms with Crippen LogP contribution in [-0.4, -0.2) is 17.7 Å². The van der Waals surface area contributed by atoms with Crippen LogP contribution in [0.25, 0.3) is 0 Å². The topological polar surface area (TPSA) is 64.6 Å². The van der Waals surface area contributed by atoms with Gasteiger partial charge in [0.25, 0.3) is 5.79 Å². The first kappa shape index (κ1) is 18.5. The Labute approximate surface area is 148 Å². The number of allylic oxidation sites excluding steroid dienone is 4. The van der Waals surface area contributed by atoms with Gasteiger partial charge < -0.3 is 14.8 Å². The normalized spacial score (nSPS) is 22.0. The third-order valence-electron chi connectivity index (χ3n) is 4.14. The average Bonchev–Trinajstić information content (AvgIpc) is 2.59. The fourth-order valence-electron chi connectivity index (χ4n) is 2.24. The largest absolute Gasteiger partial charge is 0.419 e. The molecule has 0 aliphatic carbocycles. The fraction of sp³-hybridized carbons (Fsp3) is 0.300. The molecule has 1 saturated heterocycles. The van der Waals surface area contributed by atoms with Crippen molar-refractivity contribution in [3.05, 3.63) is 66.4 Å². The van der Waals surface area contributed by atoms with Crippen molar-refractivity contribution in [1.82, 2.24) is 0 Å². The number of hydrogen-bond acceptors (Lipinski definition) is 5. The molecule has 1 heterocycles. The molecule has 0 bridgehead atoms. The van der Waals surface area contributed by atoms with E-state index < -0.39 is 17.7 Å². The third kappa shape index (κ3) is 4.83. The number of carbonyl (C=O) groups excluding carboxylic acids is 2. The Kier molecular flexibility index (Phi) is 6.17. The summed E-state index contributed by atoms with van der Waals surface area (Å²) in [5.41, 5.74) is 0.857. The lowest BCUT2D eigenvalue weighted by atomic mass is 9.98. The molecule has 1 fully saturated rings. The van der Waals surface area contributed by atoms with Gasteiger partial charge in [-0.25, -0.2) is 9.59 Å². The van der Waals surface area contributed by atoms with E-state index >= 15 is 0 Å². The average molecular weight is 341 g/mol. The summed E-state index contributed by atoms with van der Waals surface area (Å²) in [6.07, 6.45) is 8.93. The maximum absolute atomic E-state index is 12.1. The molecule has 1 unspecified atom stereocenters. The van der Waals surface area contributed by atoms with Gasteiger partial charge in [-0.1, -0.05) is 44.2 Å². The van der Waals surface area contributed by atoms with Crippen molar-refractivity contribution in [2.75, 3.05) is 5.32 Å². The van der Waals surface area contributed by atoms with Gasteiger partial charge in [0.1, 0.15) is 5.57 Å².